The summed E-state index contributed by atoms with van der Waals surface area (Å²) in [5, 5.41) is 13.2. The summed E-state index contributed by atoms with van der Waals surface area (Å²) in [4.78, 5) is 21.6. The summed E-state index contributed by atoms with van der Waals surface area (Å²) in [6.07, 6.45) is 2.02. The van der Waals surface area contributed by atoms with Gasteiger partial charge in [-0.2, -0.15) is 10.1 Å². The highest BCUT2D eigenvalue weighted by atomic mass is 35.5. The van der Waals surface area contributed by atoms with Gasteiger partial charge in [0, 0.05) is 23.9 Å². The quantitative estimate of drug-likeness (QED) is 0.640. The molecule has 10 heteroatoms. The van der Waals surface area contributed by atoms with Crippen molar-refractivity contribution in [1.29, 1.82) is 0 Å². The first-order chi connectivity index (χ1) is 13.6. The van der Waals surface area contributed by atoms with Crippen LogP contribution in [0.4, 0.5) is 5.95 Å². The maximum atomic E-state index is 12.6. The highest BCUT2D eigenvalue weighted by Gasteiger charge is 2.22. The number of hydrogen-bond donors (Lipinski definition) is 2. The second kappa shape index (κ2) is 9.34. The van der Waals surface area contributed by atoms with Gasteiger partial charge in [0.05, 0.1) is 7.11 Å². The number of carbonyl (C=O) groups excluding carboxylic acids is 1. The van der Waals surface area contributed by atoms with E-state index in [1.165, 1.54) is 11.3 Å². The van der Waals surface area contributed by atoms with E-state index in [9.17, 15) is 4.79 Å². The number of benzene rings is 1. The van der Waals surface area contributed by atoms with E-state index in [2.05, 4.69) is 25.7 Å². The molecule has 4 rings (SSSR count). The summed E-state index contributed by atoms with van der Waals surface area (Å²) < 4.78 is 6.79. The molecule has 2 aromatic heterocycles. The number of carbonyl (C=O) groups is 1. The van der Waals surface area contributed by atoms with Crippen LogP contribution in [0.25, 0.3) is 10.6 Å². The monoisotopic (exact) mass is 434 g/mol. The Kier molecular flexibility index (Phi) is 6.83. The number of rotatable bonds is 5. The lowest BCUT2D eigenvalue weighted by molar-refractivity contribution is 0.102. The van der Waals surface area contributed by atoms with E-state index in [-0.39, 0.29) is 18.3 Å². The van der Waals surface area contributed by atoms with Crippen LogP contribution in [0.1, 0.15) is 35.1 Å². The Bertz CT molecular complexity index is 965. The van der Waals surface area contributed by atoms with Crippen LogP contribution in [-0.4, -0.2) is 45.9 Å². The average Bonchev–Trinajstić information content (AvgIpc) is 3.36. The smallest absolute Gasteiger partial charge is 0.277 e. The van der Waals surface area contributed by atoms with Crippen molar-refractivity contribution >= 4 is 35.6 Å². The summed E-state index contributed by atoms with van der Waals surface area (Å²) in [7, 11) is 3.42. The molecule has 1 saturated heterocycles. The molecule has 3 aromatic rings. The zero-order valence-electron chi connectivity index (χ0n) is 16.2. The van der Waals surface area contributed by atoms with Crippen molar-refractivity contribution in [2.24, 2.45) is 7.05 Å². The van der Waals surface area contributed by atoms with Gasteiger partial charge in [-0.05, 0) is 50.2 Å². The van der Waals surface area contributed by atoms with Gasteiger partial charge < -0.3 is 10.1 Å². The van der Waals surface area contributed by atoms with E-state index in [1.807, 2.05) is 24.3 Å². The molecule has 0 spiro atoms. The minimum Gasteiger partial charge on any atom is -0.497 e. The molecule has 0 saturated carbocycles. The Balaban J connectivity index is 0.00000240. The Labute approximate surface area is 179 Å². The number of hydrogen-bond acceptors (Lipinski definition) is 7. The van der Waals surface area contributed by atoms with Crippen molar-refractivity contribution in [3.8, 4) is 16.3 Å². The van der Waals surface area contributed by atoms with E-state index in [0.717, 1.165) is 48.1 Å². The zero-order chi connectivity index (χ0) is 19.5. The normalized spacial score (nSPS) is 14.3. The van der Waals surface area contributed by atoms with E-state index in [0.29, 0.717) is 17.6 Å². The summed E-state index contributed by atoms with van der Waals surface area (Å²) in [5.41, 5.74) is 1.30. The summed E-state index contributed by atoms with van der Waals surface area (Å²) >= 11 is 1.42. The molecule has 0 radical (unpaired) electrons. The highest BCUT2D eigenvalue weighted by Crippen LogP contribution is 2.26. The second-order valence-corrected chi connectivity index (χ2v) is 7.52. The topological polar surface area (TPSA) is 94.0 Å². The fourth-order valence-corrected chi connectivity index (χ4v) is 3.98. The van der Waals surface area contributed by atoms with Gasteiger partial charge in [-0.25, -0.2) is 9.67 Å². The molecule has 1 aliphatic heterocycles. The second-order valence-electron chi connectivity index (χ2n) is 6.66. The largest absolute Gasteiger partial charge is 0.497 e. The molecule has 0 atom stereocenters. The summed E-state index contributed by atoms with van der Waals surface area (Å²) in [6.45, 7) is 1.94. The third-order valence-corrected chi connectivity index (χ3v) is 5.67. The van der Waals surface area contributed by atoms with Crippen LogP contribution in [0.3, 0.4) is 0 Å². The average molecular weight is 435 g/mol. The van der Waals surface area contributed by atoms with Gasteiger partial charge in [-0.3, -0.25) is 10.1 Å². The van der Waals surface area contributed by atoms with Gasteiger partial charge >= 0.3 is 0 Å². The Morgan fingerprint density at radius 1 is 1.24 bits per heavy atom. The molecule has 0 bridgehead atoms. The SMILES string of the molecule is COc1ccc(-c2nc(C(=O)Nc3nc(C4CCNCC4)nn3C)cs2)cc1.Cl. The van der Waals surface area contributed by atoms with Crippen LogP contribution >= 0.6 is 23.7 Å². The maximum absolute atomic E-state index is 12.6. The predicted octanol–water partition coefficient (Wildman–Crippen LogP) is 3.09. The van der Waals surface area contributed by atoms with E-state index in [1.54, 1.807) is 24.2 Å². The van der Waals surface area contributed by atoms with Crippen LogP contribution in [0.15, 0.2) is 29.6 Å². The fourth-order valence-electron chi connectivity index (χ4n) is 3.18. The van der Waals surface area contributed by atoms with Crippen molar-refractivity contribution in [2.45, 2.75) is 18.8 Å². The molecular formula is C19H23ClN6O2S. The van der Waals surface area contributed by atoms with E-state index < -0.39 is 0 Å². The molecule has 8 nitrogen and oxygen atoms in total. The summed E-state index contributed by atoms with van der Waals surface area (Å²) in [6, 6.07) is 7.59. The first kappa shape index (κ1) is 21.2. The van der Waals surface area contributed by atoms with Crippen molar-refractivity contribution < 1.29 is 9.53 Å². The molecule has 1 amide bonds. The Morgan fingerprint density at radius 2 is 1.97 bits per heavy atom. The highest BCUT2D eigenvalue weighted by molar-refractivity contribution is 7.13. The fraction of sp³-hybridized carbons (Fsp3) is 0.368. The van der Waals surface area contributed by atoms with Gasteiger partial charge in [-0.1, -0.05) is 0 Å². The Morgan fingerprint density at radius 3 is 2.66 bits per heavy atom. The van der Waals surface area contributed by atoms with Crippen molar-refractivity contribution in [3.05, 3.63) is 41.2 Å². The molecule has 2 N–H and O–H groups in total. The summed E-state index contributed by atoms with van der Waals surface area (Å²) in [5.74, 6) is 2.06. The minimum atomic E-state index is -0.289. The van der Waals surface area contributed by atoms with Gasteiger partial charge in [-0.15, -0.1) is 23.7 Å². The number of piperidine rings is 1. The maximum Gasteiger partial charge on any atom is 0.277 e. The Hall–Kier alpha value is -2.49. The van der Waals surface area contributed by atoms with E-state index >= 15 is 0 Å². The van der Waals surface area contributed by atoms with Gasteiger partial charge in [0.1, 0.15) is 16.5 Å². The number of thiazole rings is 1. The number of nitrogens with one attached hydrogen (secondary N) is 2. The number of amides is 1. The van der Waals surface area contributed by atoms with Crippen LogP contribution in [0.5, 0.6) is 5.75 Å². The van der Waals surface area contributed by atoms with Crippen molar-refractivity contribution in [1.82, 2.24) is 25.1 Å². The number of anilines is 1. The molecule has 29 heavy (non-hydrogen) atoms. The van der Waals surface area contributed by atoms with E-state index in [4.69, 9.17) is 4.74 Å². The predicted molar refractivity (Wildman–Crippen MR) is 115 cm³/mol. The first-order valence-electron chi connectivity index (χ1n) is 9.17. The minimum absolute atomic E-state index is 0. The lowest BCUT2D eigenvalue weighted by atomic mass is 9.98. The molecule has 154 valence electrons. The van der Waals surface area contributed by atoms with Gasteiger partial charge in [0.25, 0.3) is 5.91 Å². The number of aryl methyl sites for hydroxylation is 1. The number of ether oxygens (including phenoxy) is 1. The third-order valence-electron chi connectivity index (χ3n) is 4.78. The molecule has 1 aromatic carbocycles. The third kappa shape index (κ3) is 4.75. The number of nitrogens with zero attached hydrogens (tertiary/aromatic N) is 4. The zero-order valence-corrected chi connectivity index (χ0v) is 17.8. The molecule has 0 unspecified atom stereocenters. The van der Waals surface area contributed by atoms with Crippen LogP contribution < -0.4 is 15.4 Å². The van der Waals surface area contributed by atoms with Crippen molar-refractivity contribution in [3.63, 3.8) is 0 Å². The lowest BCUT2D eigenvalue weighted by Gasteiger charge is -2.19. The van der Waals surface area contributed by atoms with Crippen LogP contribution in [0.2, 0.25) is 0 Å². The van der Waals surface area contributed by atoms with Crippen LogP contribution in [0, 0.1) is 0 Å². The first-order valence-corrected chi connectivity index (χ1v) is 10.0. The molecule has 0 aliphatic carbocycles. The molecule has 3 heterocycles. The van der Waals surface area contributed by atoms with Gasteiger partial charge in [0.2, 0.25) is 5.95 Å². The lowest BCUT2D eigenvalue weighted by Crippen LogP contribution is -2.27. The molecular weight excluding hydrogens is 412 g/mol. The van der Waals surface area contributed by atoms with Crippen LogP contribution in [-0.2, 0) is 7.05 Å². The molecule has 1 aliphatic rings. The number of aromatic nitrogens is 4. The number of halogens is 1. The number of methoxy groups -OCH3 is 1. The van der Waals surface area contributed by atoms with Crippen molar-refractivity contribution in [2.75, 3.05) is 25.5 Å². The standard InChI is InChI=1S/C19H22N6O2S.ClH/c1-25-19(22-16(24-25)12-7-9-20-10-8-12)23-17(26)15-11-28-18(21-15)13-3-5-14(27-2)6-4-13;/h3-6,11-12,20H,7-10H2,1-2H3,(H,22,23,24,26);1H. The molecule has 1 fully saturated rings. The van der Waals surface area contributed by atoms with Gasteiger partial charge in [0.15, 0.2) is 5.82 Å².